The van der Waals surface area contributed by atoms with Crippen LogP contribution in [0.25, 0.3) is 0 Å². The van der Waals surface area contributed by atoms with Crippen molar-refractivity contribution in [1.29, 1.82) is 0 Å². The quantitative estimate of drug-likeness (QED) is 0.466. The third kappa shape index (κ3) is 5.21. The van der Waals surface area contributed by atoms with E-state index in [4.69, 9.17) is 0 Å². The van der Waals surface area contributed by atoms with Crippen molar-refractivity contribution in [2.45, 2.75) is 87.0 Å². The van der Waals surface area contributed by atoms with Crippen molar-refractivity contribution in [2.75, 3.05) is 0 Å². The van der Waals surface area contributed by atoms with E-state index in [9.17, 15) is 0 Å². The molecular formula is C25H38. The average Bonchev–Trinajstić information content (AvgIpc) is 2.50. The molecule has 0 bridgehead atoms. The molecule has 0 saturated carbocycles. The van der Waals surface area contributed by atoms with Gasteiger partial charge in [-0.3, -0.25) is 0 Å². The molecule has 0 radical (unpaired) electrons. The number of hydrogen-bond acceptors (Lipinski definition) is 0. The van der Waals surface area contributed by atoms with Crippen molar-refractivity contribution in [3.8, 4) is 0 Å². The summed E-state index contributed by atoms with van der Waals surface area (Å²) in [5, 5.41) is 0. The Hall–Kier alpha value is -1.56. The molecule has 0 aliphatic rings. The van der Waals surface area contributed by atoms with E-state index < -0.39 is 0 Å². The van der Waals surface area contributed by atoms with Crippen LogP contribution in [0.3, 0.4) is 0 Å². The van der Waals surface area contributed by atoms with Gasteiger partial charge < -0.3 is 0 Å². The molecule has 25 heavy (non-hydrogen) atoms. The highest BCUT2D eigenvalue weighted by Gasteiger charge is 2.22. The molecule has 0 spiro atoms. The van der Waals surface area contributed by atoms with Gasteiger partial charge in [-0.2, -0.15) is 0 Å². The molecule has 2 aromatic rings. The second kappa shape index (κ2) is 7.77. The van der Waals surface area contributed by atoms with Gasteiger partial charge in [0, 0.05) is 0 Å². The van der Waals surface area contributed by atoms with Crippen LogP contribution in [0.15, 0.2) is 30.3 Å². The fraction of sp³-hybridized carbons (Fsp3) is 0.520. The molecule has 138 valence electrons. The van der Waals surface area contributed by atoms with E-state index in [0.717, 1.165) is 0 Å². The molecule has 0 atom stereocenters. The second-order valence-electron chi connectivity index (χ2n) is 9.37. The molecule has 2 rings (SSSR count). The Morgan fingerprint density at radius 3 is 1.12 bits per heavy atom. The van der Waals surface area contributed by atoms with E-state index in [2.05, 4.69) is 106 Å². The summed E-state index contributed by atoms with van der Waals surface area (Å²) in [5.74, 6) is 0. The summed E-state index contributed by atoms with van der Waals surface area (Å²) in [6.07, 6.45) is 0. The molecular weight excluding hydrogens is 300 g/mol. The Morgan fingerprint density at radius 1 is 0.480 bits per heavy atom. The SMILES string of the molecule is CC(C)(C)c1ccccc1.Cc1c(C)c(C)c(C(C)(C)C)c(C)c1C. The van der Waals surface area contributed by atoms with Crippen molar-refractivity contribution in [2.24, 2.45) is 0 Å². The van der Waals surface area contributed by atoms with Crippen LogP contribution in [0.2, 0.25) is 0 Å². The van der Waals surface area contributed by atoms with E-state index >= 15 is 0 Å². The molecule has 0 saturated heterocycles. The van der Waals surface area contributed by atoms with Gasteiger partial charge in [-0.1, -0.05) is 71.9 Å². The van der Waals surface area contributed by atoms with Crippen LogP contribution >= 0.6 is 0 Å². The summed E-state index contributed by atoms with van der Waals surface area (Å²) in [6.45, 7) is 24.8. The van der Waals surface area contributed by atoms with E-state index in [1.165, 1.54) is 38.9 Å². The maximum absolute atomic E-state index is 2.30. The van der Waals surface area contributed by atoms with E-state index in [-0.39, 0.29) is 5.41 Å². The summed E-state index contributed by atoms with van der Waals surface area (Å²) < 4.78 is 0. The molecule has 0 aromatic heterocycles. The average molecular weight is 339 g/mol. The minimum absolute atomic E-state index is 0.247. The Kier molecular flexibility index (Phi) is 6.68. The van der Waals surface area contributed by atoms with Gasteiger partial charge in [0.1, 0.15) is 0 Å². The number of rotatable bonds is 0. The summed E-state index contributed by atoms with van der Waals surface area (Å²) in [4.78, 5) is 0. The molecule has 0 N–H and O–H groups in total. The lowest BCUT2D eigenvalue weighted by Gasteiger charge is -2.28. The van der Waals surface area contributed by atoms with Crippen LogP contribution < -0.4 is 0 Å². The number of benzene rings is 2. The highest BCUT2D eigenvalue weighted by Crippen LogP contribution is 2.34. The van der Waals surface area contributed by atoms with Crippen LogP contribution in [0.4, 0.5) is 0 Å². The first-order chi connectivity index (χ1) is 11.3. The first-order valence-electron chi connectivity index (χ1n) is 9.41. The van der Waals surface area contributed by atoms with Crippen molar-refractivity contribution < 1.29 is 0 Å². The van der Waals surface area contributed by atoms with Gasteiger partial charge in [0.2, 0.25) is 0 Å². The van der Waals surface area contributed by atoms with E-state index in [1.54, 1.807) is 0 Å². The molecule has 0 unspecified atom stereocenters. The van der Waals surface area contributed by atoms with Gasteiger partial charge in [0.15, 0.2) is 0 Å². The molecule has 0 aliphatic heterocycles. The molecule has 0 heterocycles. The minimum atomic E-state index is 0.247. The van der Waals surface area contributed by atoms with Crippen molar-refractivity contribution in [3.05, 3.63) is 69.3 Å². The van der Waals surface area contributed by atoms with Gasteiger partial charge >= 0.3 is 0 Å². The predicted molar refractivity (Wildman–Crippen MR) is 114 cm³/mol. The maximum atomic E-state index is 2.30. The first kappa shape index (κ1) is 21.5. The third-order valence-electron chi connectivity index (χ3n) is 5.39. The summed E-state index contributed by atoms with van der Waals surface area (Å²) in [5.41, 5.74) is 10.8. The first-order valence-corrected chi connectivity index (χ1v) is 9.41. The topological polar surface area (TPSA) is 0 Å². The smallest absolute Gasteiger partial charge is 0.0126 e. The van der Waals surface area contributed by atoms with E-state index in [0.29, 0.717) is 5.41 Å². The van der Waals surface area contributed by atoms with Crippen molar-refractivity contribution in [3.63, 3.8) is 0 Å². The molecule has 0 nitrogen and oxygen atoms in total. The zero-order valence-corrected chi connectivity index (χ0v) is 18.4. The summed E-state index contributed by atoms with van der Waals surface area (Å²) in [6, 6.07) is 10.6. The van der Waals surface area contributed by atoms with Gasteiger partial charge in [-0.25, -0.2) is 0 Å². The van der Waals surface area contributed by atoms with Crippen LogP contribution in [-0.2, 0) is 10.8 Å². The summed E-state index contributed by atoms with van der Waals surface area (Å²) in [7, 11) is 0. The Balaban J connectivity index is 0.000000271. The Labute approximate surface area is 156 Å². The Bertz CT molecular complexity index is 675. The second-order valence-corrected chi connectivity index (χ2v) is 9.37. The zero-order valence-electron chi connectivity index (χ0n) is 18.4. The lowest BCUT2D eigenvalue weighted by atomic mass is 9.77. The number of hydrogen-bond donors (Lipinski definition) is 0. The predicted octanol–water partition coefficient (Wildman–Crippen LogP) is 7.51. The zero-order chi connectivity index (χ0) is 19.6. The maximum Gasteiger partial charge on any atom is -0.0126 e. The van der Waals surface area contributed by atoms with Gasteiger partial charge in [-0.05, 0) is 84.4 Å². The molecule has 2 aromatic carbocycles. The van der Waals surface area contributed by atoms with Gasteiger partial charge in [0.25, 0.3) is 0 Å². The molecule has 0 heteroatoms. The normalized spacial score (nSPS) is 11.8. The third-order valence-corrected chi connectivity index (χ3v) is 5.39. The molecule has 0 fully saturated rings. The fourth-order valence-electron chi connectivity index (χ4n) is 3.56. The monoisotopic (exact) mass is 338 g/mol. The van der Waals surface area contributed by atoms with Crippen LogP contribution in [0.1, 0.15) is 80.5 Å². The van der Waals surface area contributed by atoms with Crippen LogP contribution in [0.5, 0.6) is 0 Å². The van der Waals surface area contributed by atoms with E-state index in [1.807, 2.05) is 0 Å². The summed E-state index contributed by atoms with van der Waals surface area (Å²) >= 11 is 0. The van der Waals surface area contributed by atoms with Gasteiger partial charge in [0.05, 0.1) is 0 Å². The highest BCUT2D eigenvalue weighted by molar-refractivity contribution is 5.51. The van der Waals surface area contributed by atoms with Crippen LogP contribution in [0, 0.1) is 34.6 Å². The van der Waals surface area contributed by atoms with Crippen molar-refractivity contribution >= 4 is 0 Å². The largest absolute Gasteiger partial charge is 0.0622 e. The van der Waals surface area contributed by atoms with Crippen LogP contribution in [-0.4, -0.2) is 0 Å². The lowest BCUT2D eigenvalue weighted by molar-refractivity contribution is 0.580. The van der Waals surface area contributed by atoms with Crippen molar-refractivity contribution in [1.82, 2.24) is 0 Å². The fourth-order valence-corrected chi connectivity index (χ4v) is 3.56. The minimum Gasteiger partial charge on any atom is -0.0622 e. The highest BCUT2D eigenvalue weighted by atomic mass is 14.3. The Morgan fingerprint density at radius 2 is 0.840 bits per heavy atom. The molecule has 0 amide bonds. The van der Waals surface area contributed by atoms with Gasteiger partial charge in [-0.15, -0.1) is 0 Å². The lowest BCUT2D eigenvalue weighted by Crippen LogP contribution is -2.17. The standard InChI is InChI=1S/C15H24.C10H14/c1-9-10(2)12(4)14(15(6,7)8)13(5)11(9)3;1-10(2,3)9-7-5-4-6-8-9/h1-8H3;4-8H,1-3H3. The molecule has 0 aliphatic carbocycles.